The molecule has 0 fully saturated rings. The number of allylic oxidation sites excluding steroid dienone is 2. The number of halogens is 2. The molecule has 0 spiro atoms. The monoisotopic (exact) mass is 214 g/mol. The van der Waals surface area contributed by atoms with E-state index < -0.39 is 5.24 Å². The Morgan fingerprint density at radius 1 is 1.31 bits per heavy atom. The normalized spacial score (nSPS) is 11.5. The summed E-state index contributed by atoms with van der Waals surface area (Å²) in [7, 11) is 0. The van der Waals surface area contributed by atoms with E-state index in [4.69, 9.17) is 23.2 Å². The molecule has 1 nitrogen and oxygen atoms in total. The van der Waals surface area contributed by atoms with Crippen molar-refractivity contribution in [2.75, 3.05) is 0 Å². The third-order valence-corrected chi connectivity index (χ3v) is 1.99. The Hall–Kier alpha value is -0.790. The fourth-order valence-electron chi connectivity index (χ4n) is 0.966. The van der Waals surface area contributed by atoms with Crippen LogP contribution < -0.4 is 0 Å². The molecule has 0 radical (unpaired) electrons. The molecular weight excluding hydrogens is 207 g/mol. The van der Waals surface area contributed by atoms with Crippen molar-refractivity contribution < 1.29 is 4.79 Å². The van der Waals surface area contributed by atoms with Crippen molar-refractivity contribution in [2.24, 2.45) is 0 Å². The zero-order valence-electron chi connectivity index (χ0n) is 7.05. The van der Waals surface area contributed by atoms with Gasteiger partial charge in [0.25, 0.3) is 0 Å². The molecule has 0 N–H and O–H groups in total. The van der Waals surface area contributed by atoms with Gasteiger partial charge in [-0.2, -0.15) is 0 Å². The SMILES string of the molecule is CC(=CC(=O)Cl)c1ccc(Cl)cc1. The number of hydrogen-bond acceptors (Lipinski definition) is 1. The zero-order valence-corrected chi connectivity index (χ0v) is 8.56. The van der Waals surface area contributed by atoms with Crippen LogP contribution in [0, 0.1) is 0 Å². The highest BCUT2D eigenvalue weighted by atomic mass is 35.5. The van der Waals surface area contributed by atoms with Crippen LogP contribution in [-0.2, 0) is 4.79 Å². The van der Waals surface area contributed by atoms with Gasteiger partial charge in [-0.15, -0.1) is 0 Å². The molecule has 0 saturated carbocycles. The van der Waals surface area contributed by atoms with Gasteiger partial charge in [-0.05, 0) is 41.8 Å². The molecule has 0 atom stereocenters. The molecule has 0 aliphatic rings. The Morgan fingerprint density at radius 3 is 2.31 bits per heavy atom. The number of hydrogen-bond donors (Lipinski definition) is 0. The van der Waals surface area contributed by atoms with Crippen LogP contribution in [-0.4, -0.2) is 5.24 Å². The lowest BCUT2D eigenvalue weighted by molar-refractivity contribution is -0.107. The van der Waals surface area contributed by atoms with E-state index in [1.54, 1.807) is 12.1 Å². The van der Waals surface area contributed by atoms with Crippen LogP contribution in [0.3, 0.4) is 0 Å². The molecule has 0 amide bonds. The van der Waals surface area contributed by atoms with E-state index in [0.29, 0.717) is 5.02 Å². The van der Waals surface area contributed by atoms with Crippen LogP contribution in [0.25, 0.3) is 5.57 Å². The molecule has 13 heavy (non-hydrogen) atoms. The summed E-state index contributed by atoms with van der Waals surface area (Å²) in [5.41, 5.74) is 1.77. The van der Waals surface area contributed by atoms with Gasteiger partial charge in [0.05, 0.1) is 0 Å². The molecule has 68 valence electrons. The Morgan fingerprint density at radius 2 is 1.85 bits per heavy atom. The van der Waals surface area contributed by atoms with Gasteiger partial charge in [0.2, 0.25) is 5.24 Å². The van der Waals surface area contributed by atoms with Crippen LogP contribution in [0.5, 0.6) is 0 Å². The summed E-state index contributed by atoms with van der Waals surface area (Å²) in [6.07, 6.45) is 1.38. The van der Waals surface area contributed by atoms with Gasteiger partial charge in [-0.25, -0.2) is 0 Å². The minimum Gasteiger partial charge on any atom is -0.276 e. The maximum absolute atomic E-state index is 10.6. The molecule has 0 aliphatic carbocycles. The lowest BCUT2D eigenvalue weighted by Crippen LogP contribution is -1.83. The summed E-state index contributed by atoms with van der Waals surface area (Å²) in [5, 5.41) is 0.209. The lowest BCUT2D eigenvalue weighted by Gasteiger charge is -1.99. The summed E-state index contributed by atoms with van der Waals surface area (Å²) >= 11 is 10.9. The van der Waals surface area contributed by atoms with Crippen molar-refractivity contribution in [3.8, 4) is 0 Å². The van der Waals surface area contributed by atoms with E-state index in [1.807, 2.05) is 19.1 Å². The third-order valence-electron chi connectivity index (χ3n) is 1.63. The smallest absolute Gasteiger partial charge is 0.245 e. The first-order valence-electron chi connectivity index (χ1n) is 3.73. The summed E-state index contributed by atoms with van der Waals surface area (Å²) < 4.78 is 0. The standard InChI is InChI=1S/C10H8Cl2O/c1-7(6-10(12)13)8-2-4-9(11)5-3-8/h2-6H,1H3. The predicted octanol–water partition coefficient (Wildman–Crippen LogP) is 3.51. The number of carbonyl (C=O) groups excluding carboxylic acids is 1. The second-order valence-corrected chi connectivity index (χ2v) is 3.45. The van der Waals surface area contributed by atoms with E-state index in [-0.39, 0.29) is 0 Å². The maximum atomic E-state index is 10.6. The fraction of sp³-hybridized carbons (Fsp3) is 0.100. The summed E-state index contributed by atoms with van der Waals surface area (Å²) in [5.74, 6) is 0. The third kappa shape index (κ3) is 3.21. The van der Waals surface area contributed by atoms with Gasteiger partial charge >= 0.3 is 0 Å². The molecule has 0 aromatic heterocycles. The van der Waals surface area contributed by atoms with Gasteiger partial charge in [-0.1, -0.05) is 23.7 Å². The maximum Gasteiger partial charge on any atom is 0.245 e. The first-order valence-corrected chi connectivity index (χ1v) is 4.49. The van der Waals surface area contributed by atoms with E-state index in [9.17, 15) is 4.79 Å². The van der Waals surface area contributed by atoms with Crippen LogP contribution in [0.15, 0.2) is 30.3 Å². The van der Waals surface area contributed by atoms with Gasteiger partial charge < -0.3 is 0 Å². The van der Waals surface area contributed by atoms with Gasteiger partial charge in [0, 0.05) is 11.1 Å². The second kappa shape index (κ2) is 4.45. The van der Waals surface area contributed by atoms with Crippen molar-refractivity contribution >= 4 is 34.0 Å². The average Bonchev–Trinajstić information content (AvgIpc) is 2.04. The molecule has 1 rings (SSSR count). The molecule has 1 aromatic carbocycles. The van der Waals surface area contributed by atoms with Crippen LogP contribution in [0.1, 0.15) is 12.5 Å². The molecule has 0 aliphatic heterocycles. The van der Waals surface area contributed by atoms with Crippen molar-refractivity contribution in [1.29, 1.82) is 0 Å². The number of carbonyl (C=O) groups is 1. The lowest BCUT2D eigenvalue weighted by atomic mass is 10.1. The second-order valence-electron chi connectivity index (χ2n) is 2.64. The van der Waals surface area contributed by atoms with E-state index in [2.05, 4.69) is 0 Å². The Labute approximate surface area is 87.0 Å². The summed E-state index contributed by atoms with van der Waals surface area (Å²) in [4.78, 5) is 10.6. The molecule has 0 unspecified atom stereocenters. The first kappa shape index (κ1) is 10.3. The summed E-state index contributed by atoms with van der Waals surface area (Å²) in [6, 6.07) is 7.22. The highest BCUT2D eigenvalue weighted by Crippen LogP contribution is 2.17. The van der Waals surface area contributed by atoms with E-state index in [1.165, 1.54) is 6.08 Å². The Kier molecular flexibility index (Phi) is 3.52. The van der Waals surface area contributed by atoms with Crippen molar-refractivity contribution in [3.05, 3.63) is 40.9 Å². The molecule has 0 saturated heterocycles. The summed E-state index contributed by atoms with van der Waals surface area (Å²) in [6.45, 7) is 1.82. The Balaban J connectivity index is 2.96. The Bertz CT molecular complexity index is 338. The largest absolute Gasteiger partial charge is 0.276 e. The molecule has 3 heteroatoms. The van der Waals surface area contributed by atoms with Crippen molar-refractivity contribution in [2.45, 2.75) is 6.92 Å². The quantitative estimate of drug-likeness (QED) is 0.545. The molecule has 1 aromatic rings. The minimum atomic E-state index is -0.465. The van der Waals surface area contributed by atoms with Crippen LogP contribution in [0.4, 0.5) is 0 Å². The van der Waals surface area contributed by atoms with Gasteiger partial charge in [0.15, 0.2) is 0 Å². The topological polar surface area (TPSA) is 17.1 Å². The molecular formula is C10H8Cl2O. The van der Waals surface area contributed by atoms with E-state index in [0.717, 1.165) is 11.1 Å². The van der Waals surface area contributed by atoms with E-state index >= 15 is 0 Å². The van der Waals surface area contributed by atoms with Crippen molar-refractivity contribution in [3.63, 3.8) is 0 Å². The number of benzene rings is 1. The predicted molar refractivity (Wildman–Crippen MR) is 56.0 cm³/mol. The van der Waals surface area contributed by atoms with Gasteiger partial charge in [-0.3, -0.25) is 4.79 Å². The zero-order chi connectivity index (χ0) is 9.84. The van der Waals surface area contributed by atoms with Gasteiger partial charge in [0.1, 0.15) is 0 Å². The number of rotatable bonds is 2. The fourth-order valence-corrected chi connectivity index (χ4v) is 1.26. The average molecular weight is 215 g/mol. The van der Waals surface area contributed by atoms with Crippen LogP contribution >= 0.6 is 23.2 Å². The van der Waals surface area contributed by atoms with Crippen LogP contribution in [0.2, 0.25) is 5.02 Å². The van der Waals surface area contributed by atoms with Crippen molar-refractivity contribution in [1.82, 2.24) is 0 Å². The molecule has 0 heterocycles. The minimum absolute atomic E-state index is 0.465. The highest BCUT2D eigenvalue weighted by molar-refractivity contribution is 6.67. The highest BCUT2D eigenvalue weighted by Gasteiger charge is 1.97. The molecule has 0 bridgehead atoms. The first-order chi connectivity index (χ1) is 6.09.